The van der Waals surface area contributed by atoms with Crippen LogP contribution in [0.2, 0.25) is 0 Å². The molecular formula is C36H60O11. The van der Waals surface area contributed by atoms with Gasteiger partial charge in [0.05, 0.1) is 29.8 Å². The van der Waals surface area contributed by atoms with Gasteiger partial charge in [0.2, 0.25) is 0 Å². The summed E-state index contributed by atoms with van der Waals surface area (Å²) >= 11 is 0. The van der Waals surface area contributed by atoms with E-state index in [0.717, 1.165) is 51.4 Å². The van der Waals surface area contributed by atoms with Crippen LogP contribution in [-0.2, 0) is 14.3 Å². The zero-order valence-electron chi connectivity index (χ0n) is 28.8. The Bertz CT molecular complexity index is 1170. The number of carboxylic acid groups (broad SMARTS) is 1. The highest BCUT2D eigenvalue weighted by atomic mass is 16.7. The number of carboxylic acids is 1. The van der Waals surface area contributed by atoms with Gasteiger partial charge in [0.15, 0.2) is 6.29 Å². The first-order valence-electron chi connectivity index (χ1n) is 18.1. The lowest BCUT2D eigenvalue weighted by molar-refractivity contribution is -0.330. The zero-order chi connectivity index (χ0) is 34.5. The number of hydrogen-bond acceptors (Lipinski definition) is 10. The minimum Gasteiger partial charge on any atom is -0.481 e. The first-order chi connectivity index (χ1) is 21.9. The van der Waals surface area contributed by atoms with E-state index in [-0.39, 0.29) is 35.7 Å². The Hall–Kier alpha value is -0.890. The molecule has 6 rings (SSSR count). The molecule has 1 saturated heterocycles. The van der Waals surface area contributed by atoms with Crippen LogP contribution in [0.5, 0.6) is 0 Å². The lowest BCUT2D eigenvalue weighted by Gasteiger charge is -2.60. The summed E-state index contributed by atoms with van der Waals surface area (Å²) in [7, 11) is 0. The second-order valence-electron chi connectivity index (χ2n) is 17.7. The molecule has 11 heteroatoms. The highest BCUT2D eigenvalue weighted by Gasteiger charge is 2.84. The third-order valence-electron chi connectivity index (χ3n) is 15.5. The standard InChI is InChI=1S/C36H60O11/c1-18(6-7-19(15-37)32(2,3)45)20-8-9-21-22-10-11-24-34(5,31(43)44)26(47-30-29(42)28(41)27(40)23(16-38)46-30)14-25(39)36(24)17-35(22,36)13-12-33(20,21)4/h18-30,37-42,45H,6-17H2,1-5H3,(H,43,44)/t18-,19?,20-,21+,22+,23-,24+,25+,26+,27-,28+,29-,30+,33-,34+,35+,36-/m1/s1. The highest BCUT2D eigenvalue weighted by molar-refractivity contribution is 5.76. The summed E-state index contributed by atoms with van der Waals surface area (Å²) in [5, 5.41) is 84.2. The molecule has 8 N–H and O–H groups in total. The Balaban J connectivity index is 1.21. The molecule has 6 fully saturated rings. The molecule has 5 aliphatic carbocycles. The first-order valence-corrected chi connectivity index (χ1v) is 18.1. The minimum atomic E-state index is -1.65. The molecule has 2 spiro atoms. The van der Waals surface area contributed by atoms with Gasteiger partial charge < -0.3 is 50.3 Å². The number of aliphatic hydroxyl groups is 7. The smallest absolute Gasteiger partial charge is 0.312 e. The predicted octanol–water partition coefficient (Wildman–Crippen LogP) is 2.05. The van der Waals surface area contributed by atoms with Crippen molar-refractivity contribution in [1.29, 1.82) is 0 Å². The average molecular weight is 669 g/mol. The lowest BCUT2D eigenvalue weighted by Crippen LogP contribution is -2.65. The third-order valence-corrected chi connectivity index (χ3v) is 15.5. The van der Waals surface area contributed by atoms with Gasteiger partial charge in [-0.25, -0.2) is 0 Å². The van der Waals surface area contributed by atoms with Gasteiger partial charge in [-0.3, -0.25) is 4.79 Å². The van der Waals surface area contributed by atoms with Crippen molar-refractivity contribution in [1.82, 2.24) is 0 Å². The molecular weight excluding hydrogens is 608 g/mol. The van der Waals surface area contributed by atoms with E-state index < -0.39 is 71.9 Å². The Labute approximate surface area is 278 Å². The van der Waals surface area contributed by atoms with Gasteiger partial charge in [0.25, 0.3) is 0 Å². The zero-order valence-corrected chi connectivity index (χ0v) is 28.8. The van der Waals surface area contributed by atoms with E-state index in [0.29, 0.717) is 30.1 Å². The third kappa shape index (κ3) is 5.11. The van der Waals surface area contributed by atoms with Crippen molar-refractivity contribution in [2.45, 2.75) is 147 Å². The van der Waals surface area contributed by atoms with E-state index in [4.69, 9.17) is 9.47 Å². The molecule has 0 aromatic carbocycles. The average Bonchev–Trinajstić information content (AvgIpc) is 3.58. The van der Waals surface area contributed by atoms with Crippen LogP contribution < -0.4 is 0 Å². The van der Waals surface area contributed by atoms with Gasteiger partial charge in [-0.1, -0.05) is 13.8 Å². The van der Waals surface area contributed by atoms with Crippen molar-refractivity contribution in [3.63, 3.8) is 0 Å². The van der Waals surface area contributed by atoms with Crippen molar-refractivity contribution in [2.24, 2.45) is 57.2 Å². The summed E-state index contributed by atoms with van der Waals surface area (Å²) in [6, 6.07) is 0. The van der Waals surface area contributed by atoms with Crippen LogP contribution in [0.4, 0.5) is 0 Å². The van der Waals surface area contributed by atoms with Crippen LogP contribution in [0, 0.1) is 57.2 Å². The molecule has 1 heterocycles. The molecule has 0 aromatic heterocycles. The Morgan fingerprint density at radius 3 is 2.26 bits per heavy atom. The van der Waals surface area contributed by atoms with Gasteiger partial charge in [-0.2, -0.15) is 0 Å². The molecule has 0 radical (unpaired) electrons. The molecule has 1 aliphatic heterocycles. The highest BCUT2D eigenvalue weighted by Crippen LogP contribution is 2.87. The van der Waals surface area contributed by atoms with E-state index in [2.05, 4.69) is 13.8 Å². The molecule has 0 bridgehead atoms. The fraction of sp³-hybridized carbons (Fsp3) is 0.972. The number of ether oxygens (including phenoxy) is 2. The Morgan fingerprint density at radius 1 is 0.957 bits per heavy atom. The summed E-state index contributed by atoms with van der Waals surface area (Å²) < 4.78 is 11.8. The van der Waals surface area contributed by atoms with Crippen molar-refractivity contribution < 1.29 is 55.1 Å². The number of hydrogen-bond donors (Lipinski definition) is 8. The van der Waals surface area contributed by atoms with Crippen LogP contribution in [0.25, 0.3) is 0 Å². The molecule has 6 aliphatic rings. The van der Waals surface area contributed by atoms with Gasteiger partial charge in [0.1, 0.15) is 24.4 Å². The normalized spacial score (nSPS) is 52.0. The Morgan fingerprint density at radius 2 is 1.64 bits per heavy atom. The molecule has 47 heavy (non-hydrogen) atoms. The molecule has 270 valence electrons. The predicted molar refractivity (Wildman–Crippen MR) is 170 cm³/mol. The maximum Gasteiger partial charge on any atom is 0.312 e. The molecule has 5 saturated carbocycles. The summed E-state index contributed by atoms with van der Waals surface area (Å²) in [5.74, 6) is 0.374. The summed E-state index contributed by atoms with van der Waals surface area (Å²) in [6.07, 6.45) is -0.908. The molecule has 0 aromatic rings. The van der Waals surface area contributed by atoms with Crippen LogP contribution in [0.1, 0.15) is 98.8 Å². The quantitative estimate of drug-likeness (QED) is 0.159. The van der Waals surface area contributed by atoms with Crippen molar-refractivity contribution in [2.75, 3.05) is 13.2 Å². The van der Waals surface area contributed by atoms with Crippen LogP contribution >= 0.6 is 0 Å². The summed E-state index contributed by atoms with van der Waals surface area (Å²) in [4.78, 5) is 13.2. The number of rotatable bonds is 10. The SMILES string of the molecule is C[C@H](CCC(CO)C(C)(C)O)[C@H]1CC[C@H]2[C@@H]3CC[C@H]4[C@](C)(C(=O)O)[C@@H](O[C@@H]5O[C@H](CO)[C@@H](O)[C@H](O)[C@H]5O)C[C@H](O)[C@@]45C[C@@]35CC[C@]12C. The molecule has 11 nitrogen and oxygen atoms in total. The van der Waals surface area contributed by atoms with E-state index in [1.165, 1.54) is 0 Å². The van der Waals surface area contributed by atoms with Gasteiger partial charge >= 0.3 is 5.97 Å². The topological polar surface area (TPSA) is 197 Å². The largest absolute Gasteiger partial charge is 0.481 e. The fourth-order valence-corrected chi connectivity index (χ4v) is 12.7. The maximum atomic E-state index is 13.2. The van der Waals surface area contributed by atoms with Crippen molar-refractivity contribution in [3.05, 3.63) is 0 Å². The van der Waals surface area contributed by atoms with Crippen LogP contribution in [0.3, 0.4) is 0 Å². The minimum absolute atomic E-state index is 0.0272. The number of aliphatic hydroxyl groups excluding tert-OH is 6. The fourth-order valence-electron chi connectivity index (χ4n) is 12.7. The van der Waals surface area contributed by atoms with Crippen LogP contribution in [-0.4, -0.2) is 109 Å². The monoisotopic (exact) mass is 668 g/mol. The number of carbonyl (C=O) groups is 1. The van der Waals surface area contributed by atoms with E-state index in [9.17, 15) is 45.6 Å². The maximum absolute atomic E-state index is 13.2. The first kappa shape index (κ1) is 35.9. The Kier molecular flexibility index (Phi) is 9.26. The second-order valence-corrected chi connectivity index (χ2v) is 17.7. The molecule has 0 amide bonds. The van der Waals surface area contributed by atoms with Crippen molar-refractivity contribution >= 4 is 5.97 Å². The summed E-state index contributed by atoms with van der Waals surface area (Å²) in [5.41, 5.74) is -2.80. The molecule has 17 atom stereocenters. The lowest BCUT2D eigenvalue weighted by atomic mass is 9.45. The van der Waals surface area contributed by atoms with Gasteiger partial charge in [0, 0.05) is 24.4 Å². The van der Waals surface area contributed by atoms with E-state index in [1.54, 1.807) is 20.8 Å². The van der Waals surface area contributed by atoms with Gasteiger partial charge in [-0.05, 0) is 119 Å². The number of fused-ring (bicyclic) bond motifs is 2. The van der Waals surface area contributed by atoms with Gasteiger partial charge in [-0.15, -0.1) is 0 Å². The van der Waals surface area contributed by atoms with E-state index >= 15 is 0 Å². The number of aliphatic carboxylic acids is 1. The second kappa shape index (κ2) is 12.1. The van der Waals surface area contributed by atoms with Crippen molar-refractivity contribution in [3.8, 4) is 0 Å². The van der Waals surface area contributed by atoms with Crippen LogP contribution in [0.15, 0.2) is 0 Å². The van der Waals surface area contributed by atoms with E-state index in [1.807, 2.05) is 0 Å². The molecule has 1 unspecified atom stereocenters. The summed E-state index contributed by atoms with van der Waals surface area (Å²) in [6.45, 7) is 9.38.